The van der Waals surface area contributed by atoms with Crippen LogP contribution in [0, 0.1) is 5.92 Å². The normalized spacial score (nSPS) is 28.4. The zero-order chi connectivity index (χ0) is 7.56. The van der Waals surface area contributed by atoms with Crippen molar-refractivity contribution in [3.05, 3.63) is 0 Å². The summed E-state index contributed by atoms with van der Waals surface area (Å²) in [4.78, 5) is 10.3. The Kier molecular flexibility index (Phi) is 2.63. The molecule has 2 unspecified atom stereocenters. The number of halogens is 2. The first-order valence-corrected chi connectivity index (χ1v) is 3.63. The monoisotopic (exact) mass is 165 g/mol. The highest BCUT2D eigenvalue weighted by Crippen LogP contribution is 2.17. The topological polar surface area (TPSA) is 29.1 Å². The summed E-state index contributed by atoms with van der Waals surface area (Å²) in [6.07, 6.45) is -0.767. The molecule has 58 valence electrons. The zero-order valence-corrected chi connectivity index (χ0v) is 6.20. The first-order chi connectivity index (χ1) is 4.72. The largest absolute Gasteiger partial charge is 0.316 e. The van der Waals surface area contributed by atoms with Gasteiger partial charge in [-0.05, 0) is 24.6 Å². The van der Waals surface area contributed by atoms with Crippen LogP contribution in [0.1, 0.15) is 6.42 Å². The van der Waals surface area contributed by atoms with Crippen molar-refractivity contribution in [2.45, 2.75) is 12.6 Å². The lowest BCUT2D eigenvalue weighted by molar-refractivity contribution is -0.117. The molecule has 0 aromatic rings. The third-order valence-corrected chi connectivity index (χ3v) is 1.94. The van der Waals surface area contributed by atoms with Crippen LogP contribution in [0.3, 0.4) is 0 Å². The Bertz CT molecular complexity index is 136. The summed E-state index contributed by atoms with van der Waals surface area (Å²) < 4.78 is 12.7. The second kappa shape index (κ2) is 3.30. The SMILES string of the molecule is O=C(Cl)C(F)C1CCNC1. The van der Waals surface area contributed by atoms with E-state index in [-0.39, 0.29) is 5.92 Å². The second-order valence-corrected chi connectivity index (χ2v) is 2.83. The van der Waals surface area contributed by atoms with Gasteiger partial charge in [0.1, 0.15) is 0 Å². The van der Waals surface area contributed by atoms with E-state index in [9.17, 15) is 9.18 Å². The Balaban J connectivity index is 2.39. The summed E-state index contributed by atoms with van der Waals surface area (Å²) in [5.74, 6) is -0.204. The van der Waals surface area contributed by atoms with E-state index in [0.717, 1.165) is 6.54 Å². The first-order valence-electron chi connectivity index (χ1n) is 3.26. The Morgan fingerprint density at radius 2 is 2.50 bits per heavy atom. The molecule has 0 aliphatic carbocycles. The van der Waals surface area contributed by atoms with Crippen LogP contribution < -0.4 is 5.32 Å². The number of alkyl halides is 1. The minimum Gasteiger partial charge on any atom is -0.316 e. The van der Waals surface area contributed by atoms with Crippen LogP contribution in [0.5, 0.6) is 0 Å². The molecular weight excluding hydrogens is 157 g/mol. The van der Waals surface area contributed by atoms with Crippen molar-refractivity contribution in [2.24, 2.45) is 5.92 Å². The van der Waals surface area contributed by atoms with Gasteiger partial charge in [-0.2, -0.15) is 0 Å². The summed E-state index contributed by atoms with van der Waals surface area (Å²) in [6, 6.07) is 0. The summed E-state index contributed by atoms with van der Waals surface area (Å²) in [5, 5.41) is 2.09. The fraction of sp³-hybridized carbons (Fsp3) is 0.833. The number of hydrogen-bond acceptors (Lipinski definition) is 2. The van der Waals surface area contributed by atoms with E-state index in [1.807, 2.05) is 0 Å². The number of rotatable bonds is 2. The molecule has 2 nitrogen and oxygen atoms in total. The molecule has 10 heavy (non-hydrogen) atoms. The van der Waals surface area contributed by atoms with Crippen molar-refractivity contribution in [1.29, 1.82) is 0 Å². The van der Waals surface area contributed by atoms with E-state index < -0.39 is 11.4 Å². The summed E-state index contributed by atoms with van der Waals surface area (Å²) >= 11 is 4.97. The van der Waals surface area contributed by atoms with Gasteiger partial charge in [-0.1, -0.05) is 0 Å². The Labute approximate surface area is 63.7 Å². The average Bonchev–Trinajstić information content (AvgIpc) is 2.36. The molecule has 1 fully saturated rings. The first kappa shape index (κ1) is 7.95. The average molecular weight is 166 g/mol. The van der Waals surface area contributed by atoms with Crippen LogP contribution >= 0.6 is 11.6 Å². The van der Waals surface area contributed by atoms with Crippen LogP contribution in [-0.2, 0) is 4.79 Å². The van der Waals surface area contributed by atoms with Crippen molar-refractivity contribution < 1.29 is 9.18 Å². The van der Waals surface area contributed by atoms with Gasteiger partial charge in [-0.25, -0.2) is 4.39 Å². The van der Waals surface area contributed by atoms with Crippen molar-refractivity contribution in [3.8, 4) is 0 Å². The van der Waals surface area contributed by atoms with Gasteiger partial charge in [0, 0.05) is 12.5 Å². The summed E-state index contributed by atoms with van der Waals surface area (Å²) in [7, 11) is 0. The number of carbonyl (C=O) groups excluding carboxylic acids is 1. The molecule has 0 aromatic heterocycles. The van der Waals surface area contributed by atoms with Gasteiger partial charge >= 0.3 is 0 Å². The van der Waals surface area contributed by atoms with Crippen LogP contribution in [0.15, 0.2) is 0 Å². The minimum absolute atomic E-state index is 0.204. The van der Waals surface area contributed by atoms with E-state index in [1.165, 1.54) is 0 Å². The standard InChI is InChI=1S/C6H9ClFNO/c7-6(10)5(8)4-1-2-9-3-4/h4-5,9H,1-3H2. The molecule has 0 amide bonds. The van der Waals surface area contributed by atoms with E-state index in [1.54, 1.807) is 0 Å². The molecule has 1 N–H and O–H groups in total. The van der Waals surface area contributed by atoms with Gasteiger partial charge in [-0.3, -0.25) is 4.79 Å². The third-order valence-electron chi connectivity index (χ3n) is 1.73. The van der Waals surface area contributed by atoms with Crippen molar-refractivity contribution in [2.75, 3.05) is 13.1 Å². The molecule has 0 aromatic carbocycles. The number of nitrogens with one attached hydrogen (secondary N) is 1. The van der Waals surface area contributed by atoms with Crippen molar-refractivity contribution in [3.63, 3.8) is 0 Å². The Morgan fingerprint density at radius 3 is 2.90 bits per heavy atom. The molecule has 0 bridgehead atoms. The highest BCUT2D eigenvalue weighted by Gasteiger charge is 2.28. The molecule has 4 heteroatoms. The Hall–Kier alpha value is -0.150. The van der Waals surface area contributed by atoms with Gasteiger partial charge < -0.3 is 5.32 Å². The quantitative estimate of drug-likeness (QED) is 0.611. The van der Waals surface area contributed by atoms with E-state index in [4.69, 9.17) is 11.6 Å². The van der Waals surface area contributed by atoms with Gasteiger partial charge in [0.25, 0.3) is 5.24 Å². The fourth-order valence-electron chi connectivity index (χ4n) is 1.11. The van der Waals surface area contributed by atoms with Crippen molar-refractivity contribution >= 4 is 16.8 Å². The molecule has 0 saturated carbocycles. The van der Waals surface area contributed by atoms with Gasteiger partial charge in [0.2, 0.25) is 0 Å². The van der Waals surface area contributed by atoms with Crippen LogP contribution in [0.2, 0.25) is 0 Å². The summed E-state index contributed by atoms with van der Waals surface area (Å²) in [6.45, 7) is 1.36. The minimum atomic E-state index is -1.48. The molecule has 1 aliphatic heterocycles. The summed E-state index contributed by atoms with van der Waals surface area (Å²) in [5.41, 5.74) is 0. The van der Waals surface area contributed by atoms with Crippen LogP contribution in [-0.4, -0.2) is 24.5 Å². The predicted molar refractivity (Wildman–Crippen MR) is 36.7 cm³/mol. The molecule has 0 radical (unpaired) electrons. The highest BCUT2D eigenvalue weighted by atomic mass is 35.5. The lowest BCUT2D eigenvalue weighted by Gasteiger charge is -2.08. The van der Waals surface area contributed by atoms with Gasteiger partial charge in [0.15, 0.2) is 6.17 Å². The molecule has 1 heterocycles. The second-order valence-electron chi connectivity index (χ2n) is 2.46. The molecule has 2 atom stereocenters. The van der Waals surface area contributed by atoms with E-state index in [2.05, 4.69) is 5.32 Å². The maximum Gasteiger partial charge on any atom is 0.256 e. The van der Waals surface area contributed by atoms with E-state index in [0.29, 0.717) is 13.0 Å². The molecule has 0 spiro atoms. The third kappa shape index (κ3) is 1.67. The molecular formula is C6H9ClFNO. The lowest BCUT2D eigenvalue weighted by atomic mass is 10.0. The number of hydrogen-bond donors (Lipinski definition) is 1. The van der Waals surface area contributed by atoms with Crippen LogP contribution in [0.25, 0.3) is 0 Å². The zero-order valence-electron chi connectivity index (χ0n) is 5.44. The molecule has 1 aliphatic rings. The molecule has 1 saturated heterocycles. The van der Waals surface area contributed by atoms with Crippen molar-refractivity contribution in [1.82, 2.24) is 5.32 Å². The smallest absolute Gasteiger partial charge is 0.256 e. The fourth-order valence-corrected chi connectivity index (χ4v) is 1.29. The molecule has 1 rings (SSSR count). The van der Waals surface area contributed by atoms with E-state index >= 15 is 0 Å². The number of carbonyl (C=O) groups is 1. The maximum absolute atomic E-state index is 12.7. The Morgan fingerprint density at radius 1 is 1.80 bits per heavy atom. The highest BCUT2D eigenvalue weighted by molar-refractivity contribution is 6.64. The van der Waals surface area contributed by atoms with Crippen LogP contribution in [0.4, 0.5) is 4.39 Å². The lowest BCUT2D eigenvalue weighted by Crippen LogP contribution is -2.23. The van der Waals surface area contributed by atoms with Gasteiger partial charge in [0.05, 0.1) is 0 Å². The van der Waals surface area contributed by atoms with Gasteiger partial charge in [-0.15, -0.1) is 0 Å². The predicted octanol–water partition coefficient (Wildman–Crippen LogP) is 0.699. The maximum atomic E-state index is 12.7.